The number of benzene rings is 1. The van der Waals surface area contributed by atoms with Gasteiger partial charge in [-0.05, 0) is 43.5 Å². The molecule has 0 radical (unpaired) electrons. The van der Waals surface area contributed by atoms with Gasteiger partial charge >= 0.3 is 0 Å². The molecule has 22 heavy (non-hydrogen) atoms. The highest BCUT2D eigenvalue weighted by Crippen LogP contribution is 2.25. The van der Waals surface area contributed by atoms with Gasteiger partial charge in [0.2, 0.25) is 0 Å². The van der Waals surface area contributed by atoms with E-state index in [4.69, 9.17) is 4.74 Å². The van der Waals surface area contributed by atoms with Crippen LogP contribution in [-0.4, -0.2) is 56.2 Å². The molecular formula is C19H28N2O. The van der Waals surface area contributed by atoms with Gasteiger partial charge < -0.3 is 9.64 Å². The van der Waals surface area contributed by atoms with Gasteiger partial charge in [-0.2, -0.15) is 0 Å². The molecule has 1 aromatic carbocycles. The predicted octanol–water partition coefficient (Wildman–Crippen LogP) is 3.12. The Bertz CT molecular complexity index is 497. The molecule has 2 fully saturated rings. The molecule has 3 nitrogen and oxygen atoms in total. The molecule has 2 aliphatic rings. The van der Waals surface area contributed by atoms with Crippen LogP contribution >= 0.6 is 0 Å². The number of rotatable bonds is 4. The molecule has 0 N–H and O–H groups in total. The van der Waals surface area contributed by atoms with E-state index in [0.29, 0.717) is 0 Å². The normalized spacial score (nSPS) is 27.0. The van der Waals surface area contributed by atoms with Gasteiger partial charge in [0.05, 0.1) is 7.11 Å². The standard InChI is InChI=1S/C19H28N2O/c1-20-13-17-5-3-7-18(20)15-21(14-17)12-4-6-16-8-10-19(22-2)11-9-16/h4,6,8-11,17-18H,3,5,7,12-15H2,1-2H3/b6-4+/t17-,18-/m0/s1. The number of likely N-dealkylation sites (tertiary alicyclic amines) is 1. The zero-order valence-electron chi connectivity index (χ0n) is 13.9. The first-order valence-electron chi connectivity index (χ1n) is 8.48. The summed E-state index contributed by atoms with van der Waals surface area (Å²) in [7, 11) is 4.01. The van der Waals surface area contributed by atoms with Crippen LogP contribution in [0.5, 0.6) is 5.75 Å². The smallest absolute Gasteiger partial charge is 0.118 e. The van der Waals surface area contributed by atoms with E-state index in [2.05, 4.69) is 41.1 Å². The Labute approximate surface area is 134 Å². The van der Waals surface area contributed by atoms with Crippen molar-refractivity contribution in [1.29, 1.82) is 0 Å². The Morgan fingerprint density at radius 1 is 1.14 bits per heavy atom. The second-order valence-corrected chi connectivity index (χ2v) is 6.78. The third-order valence-corrected chi connectivity index (χ3v) is 5.09. The number of hydrogen-bond donors (Lipinski definition) is 0. The van der Waals surface area contributed by atoms with Crippen LogP contribution in [0.4, 0.5) is 0 Å². The number of methoxy groups -OCH3 is 1. The first-order valence-corrected chi connectivity index (χ1v) is 8.48. The maximum atomic E-state index is 5.20. The van der Waals surface area contributed by atoms with Gasteiger partial charge in [0.1, 0.15) is 5.75 Å². The summed E-state index contributed by atoms with van der Waals surface area (Å²) in [5.41, 5.74) is 1.24. The fourth-order valence-corrected chi connectivity index (χ4v) is 3.83. The van der Waals surface area contributed by atoms with Crippen molar-refractivity contribution in [3.05, 3.63) is 35.9 Å². The Kier molecular flexibility index (Phi) is 5.16. The van der Waals surface area contributed by atoms with E-state index in [0.717, 1.165) is 24.3 Å². The number of fused-ring (bicyclic) bond motifs is 3. The second kappa shape index (κ2) is 7.30. The number of likely N-dealkylation sites (N-methyl/N-ethyl adjacent to an activating group) is 1. The molecule has 3 heteroatoms. The molecule has 0 amide bonds. The van der Waals surface area contributed by atoms with Crippen molar-refractivity contribution >= 4 is 6.08 Å². The number of hydrogen-bond acceptors (Lipinski definition) is 3. The Morgan fingerprint density at radius 3 is 2.73 bits per heavy atom. The summed E-state index contributed by atoms with van der Waals surface area (Å²) in [6.07, 6.45) is 8.72. The molecule has 0 aliphatic carbocycles. The van der Waals surface area contributed by atoms with Gasteiger partial charge in [0.25, 0.3) is 0 Å². The maximum absolute atomic E-state index is 5.20. The lowest BCUT2D eigenvalue weighted by molar-refractivity contribution is 0.205. The SMILES string of the molecule is COc1ccc(/C=C/CN2C[C@H]3CCC[C@@H](C2)N(C)C3)cc1. The topological polar surface area (TPSA) is 15.7 Å². The van der Waals surface area contributed by atoms with Crippen molar-refractivity contribution < 1.29 is 4.74 Å². The highest BCUT2D eigenvalue weighted by molar-refractivity contribution is 5.50. The zero-order valence-corrected chi connectivity index (χ0v) is 13.9. The van der Waals surface area contributed by atoms with Crippen LogP contribution < -0.4 is 4.74 Å². The second-order valence-electron chi connectivity index (χ2n) is 6.78. The van der Waals surface area contributed by atoms with Gasteiger partial charge in [0, 0.05) is 32.2 Å². The third kappa shape index (κ3) is 3.90. The van der Waals surface area contributed by atoms with Crippen molar-refractivity contribution in [2.75, 3.05) is 40.3 Å². The first-order chi connectivity index (χ1) is 10.7. The minimum absolute atomic E-state index is 0.752. The molecule has 2 heterocycles. The Hall–Kier alpha value is -1.32. The number of ether oxygens (including phenoxy) is 1. The van der Waals surface area contributed by atoms with Crippen molar-refractivity contribution in [3.63, 3.8) is 0 Å². The number of nitrogens with zero attached hydrogens (tertiary/aromatic N) is 2. The molecule has 0 spiro atoms. The van der Waals surface area contributed by atoms with Gasteiger partial charge in [-0.1, -0.05) is 30.7 Å². The largest absolute Gasteiger partial charge is 0.497 e. The summed E-state index contributed by atoms with van der Waals surface area (Å²) in [6, 6.07) is 9.01. The fourth-order valence-electron chi connectivity index (χ4n) is 3.83. The minimum Gasteiger partial charge on any atom is -0.497 e. The summed E-state index contributed by atoms with van der Waals surface area (Å²) >= 11 is 0. The van der Waals surface area contributed by atoms with E-state index < -0.39 is 0 Å². The molecule has 0 aromatic heterocycles. The average molecular weight is 300 g/mol. The maximum Gasteiger partial charge on any atom is 0.118 e. The molecule has 2 atom stereocenters. The highest BCUT2D eigenvalue weighted by atomic mass is 16.5. The Morgan fingerprint density at radius 2 is 1.95 bits per heavy atom. The van der Waals surface area contributed by atoms with Gasteiger partial charge in [-0.15, -0.1) is 0 Å². The van der Waals surface area contributed by atoms with E-state index >= 15 is 0 Å². The first kappa shape index (κ1) is 15.6. The molecule has 1 aromatic rings. The lowest BCUT2D eigenvalue weighted by Crippen LogP contribution is -2.38. The van der Waals surface area contributed by atoms with E-state index in [9.17, 15) is 0 Å². The highest BCUT2D eigenvalue weighted by Gasteiger charge is 2.29. The van der Waals surface area contributed by atoms with E-state index in [1.807, 2.05) is 12.1 Å². The molecule has 0 unspecified atom stereocenters. The molecule has 3 rings (SSSR count). The van der Waals surface area contributed by atoms with Crippen LogP contribution in [0.15, 0.2) is 30.3 Å². The lowest BCUT2D eigenvalue weighted by Gasteiger charge is -2.28. The van der Waals surface area contributed by atoms with Crippen LogP contribution in [0.3, 0.4) is 0 Å². The van der Waals surface area contributed by atoms with Gasteiger partial charge in [-0.3, -0.25) is 4.90 Å². The molecule has 2 bridgehead atoms. The fraction of sp³-hybridized carbons (Fsp3) is 0.579. The molecule has 0 saturated carbocycles. The third-order valence-electron chi connectivity index (χ3n) is 5.09. The average Bonchev–Trinajstić information content (AvgIpc) is 2.77. The summed E-state index contributed by atoms with van der Waals surface area (Å²) in [5.74, 6) is 1.77. The summed E-state index contributed by atoms with van der Waals surface area (Å²) < 4.78 is 5.20. The predicted molar refractivity (Wildman–Crippen MR) is 92.2 cm³/mol. The van der Waals surface area contributed by atoms with Crippen molar-refractivity contribution in [3.8, 4) is 5.75 Å². The van der Waals surface area contributed by atoms with Crippen molar-refractivity contribution in [1.82, 2.24) is 9.80 Å². The quantitative estimate of drug-likeness (QED) is 0.849. The molecular weight excluding hydrogens is 272 g/mol. The van der Waals surface area contributed by atoms with Crippen LogP contribution in [0.2, 0.25) is 0 Å². The lowest BCUT2D eigenvalue weighted by atomic mass is 10.00. The van der Waals surface area contributed by atoms with Gasteiger partial charge in [0.15, 0.2) is 0 Å². The van der Waals surface area contributed by atoms with E-state index in [1.54, 1.807) is 7.11 Å². The summed E-state index contributed by atoms with van der Waals surface area (Å²) in [5, 5.41) is 0. The van der Waals surface area contributed by atoms with E-state index in [-0.39, 0.29) is 0 Å². The molecule has 120 valence electrons. The van der Waals surface area contributed by atoms with Crippen LogP contribution in [0, 0.1) is 5.92 Å². The van der Waals surface area contributed by atoms with Crippen molar-refractivity contribution in [2.45, 2.75) is 25.3 Å². The van der Waals surface area contributed by atoms with Crippen molar-refractivity contribution in [2.24, 2.45) is 5.92 Å². The molecule has 2 aliphatic heterocycles. The van der Waals surface area contributed by atoms with Crippen LogP contribution in [-0.2, 0) is 0 Å². The monoisotopic (exact) mass is 300 g/mol. The van der Waals surface area contributed by atoms with E-state index in [1.165, 1.54) is 44.5 Å². The van der Waals surface area contributed by atoms with Gasteiger partial charge in [-0.25, -0.2) is 0 Å². The summed E-state index contributed by atoms with van der Waals surface area (Å²) in [6.45, 7) is 4.82. The minimum atomic E-state index is 0.752. The van der Waals surface area contributed by atoms with Crippen LogP contribution in [0.25, 0.3) is 6.08 Å². The zero-order chi connectivity index (χ0) is 15.4. The Balaban J connectivity index is 1.57. The molecule has 2 saturated heterocycles. The summed E-state index contributed by atoms with van der Waals surface area (Å²) in [4.78, 5) is 5.23. The van der Waals surface area contributed by atoms with Crippen LogP contribution in [0.1, 0.15) is 24.8 Å².